The van der Waals surface area contributed by atoms with Crippen LogP contribution in [0.1, 0.15) is 25.7 Å². The van der Waals surface area contributed by atoms with E-state index in [1.54, 1.807) is 0 Å². The van der Waals surface area contributed by atoms with Crippen molar-refractivity contribution in [3.8, 4) is 0 Å². The van der Waals surface area contributed by atoms with E-state index in [9.17, 15) is 26.4 Å². The molecule has 2 amide bonds. The molecule has 0 bridgehead atoms. The van der Waals surface area contributed by atoms with E-state index in [1.165, 1.54) is 0 Å². The van der Waals surface area contributed by atoms with Crippen molar-refractivity contribution >= 4 is 30.7 Å². The molecule has 0 saturated carbocycles. The van der Waals surface area contributed by atoms with Crippen molar-refractivity contribution in [2.75, 3.05) is 13.2 Å². The summed E-state index contributed by atoms with van der Waals surface area (Å²) >= 11 is 0. The van der Waals surface area contributed by atoms with Crippen LogP contribution in [0.2, 0.25) is 0 Å². The Balaban J connectivity index is 3.66. The minimum atomic E-state index is -4.34. The van der Waals surface area contributed by atoms with E-state index in [0.717, 1.165) is 0 Å². The van der Waals surface area contributed by atoms with E-state index in [2.05, 4.69) is 19.8 Å². The van der Waals surface area contributed by atoms with E-state index in [0.29, 0.717) is 25.7 Å². The summed E-state index contributed by atoms with van der Waals surface area (Å²) in [6, 6.07) is 0. The zero-order chi connectivity index (χ0) is 15.8. The van der Waals surface area contributed by atoms with Gasteiger partial charge in [0, 0.05) is 0 Å². The lowest BCUT2D eigenvalue weighted by molar-refractivity contribution is 0.252. The maximum absolute atomic E-state index is 10.8. The number of carbonyl (C=O) groups is 2. The SMILES string of the molecule is NC(=O)S(=O)(=O)OCCCCCCOS(=O)(=O)C(N)=O. The van der Waals surface area contributed by atoms with Crippen molar-refractivity contribution in [2.24, 2.45) is 11.5 Å². The average Bonchev–Trinajstić information content (AvgIpc) is 2.31. The van der Waals surface area contributed by atoms with Gasteiger partial charge in [0.25, 0.3) is 0 Å². The highest BCUT2D eigenvalue weighted by Crippen LogP contribution is 2.04. The molecule has 0 aliphatic heterocycles. The van der Waals surface area contributed by atoms with Gasteiger partial charge in [-0.25, -0.2) is 0 Å². The summed E-state index contributed by atoms with van der Waals surface area (Å²) in [6.07, 6.45) is 1.67. The van der Waals surface area contributed by atoms with Gasteiger partial charge >= 0.3 is 30.7 Å². The normalized spacial score (nSPS) is 12.2. The lowest BCUT2D eigenvalue weighted by Crippen LogP contribution is -2.24. The standard InChI is InChI=1S/C8H16N2O8S2/c9-7(11)19(13,14)17-5-3-1-2-4-6-18-20(15,16)8(10)12/h1-6H2,(H2,9,11)(H2,10,12). The predicted octanol–water partition coefficient (Wildman–Crippen LogP) is -0.603. The molecule has 0 spiro atoms. The third-order valence-corrected chi connectivity index (χ3v) is 3.95. The molecule has 0 rings (SSSR count). The van der Waals surface area contributed by atoms with E-state index in [-0.39, 0.29) is 13.2 Å². The molecule has 0 unspecified atom stereocenters. The molecule has 12 heteroatoms. The first-order valence-electron chi connectivity index (χ1n) is 5.47. The molecule has 10 nitrogen and oxygen atoms in total. The van der Waals surface area contributed by atoms with Gasteiger partial charge in [-0.3, -0.25) is 18.0 Å². The Hall–Kier alpha value is -1.24. The number of hydrogen-bond acceptors (Lipinski definition) is 8. The second-order valence-electron chi connectivity index (χ2n) is 3.60. The summed E-state index contributed by atoms with van der Waals surface area (Å²) in [5.74, 6) is 0. The summed E-state index contributed by atoms with van der Waals surface area (Å²) < 4.78 is 51.8. The molecule has 0 aromatic carbocycles. The van der Waals surface area contributed by atoms with Crippen LogP contribution in [0, 0.1) is 0 Å². The average molecular weight is 332 g/mol. The summed E-state index contributed by atoms with van der Waals surface area (Å²) in [7, 11) is -8.68. The van der Waals surface area contributed by atoms with Crippen molar-refractivity contribution in [3.05, 3.63) is 0 Å². The van der Waals surface area contributed by atoms with Crippen LogP contribution in [0.5, 0.6) is 0 Å². The van der Waals surface area contributed by atoms with Crippen LogP contribution in [-0.4, -0.2) is 40.5 Å². The number of primary amides is 2. The molecule has 0 saturated heterocycles. The summed E-state index contributed by atoms with van der Waals surface area (Å²) in [5, 5.41) is -3.11. The lowest BCUT2D eigenvalue weighted by Gasteiger charge is -2.03. The van der Waals surface area contributed by atoms with Gasteiger partial charge in [0.1, 0.15) is 0 Å². The molecule has 0 radical (unpaired) electrons. The second kappa shape index (κ2) is 8.14. The Morgan fingerprint density at radius 2 is 1.00 bits per heavy atom. The van der Waals surface area contributed by atoms with Gasteiger partial charge in [0.15, 0.2) is 0 Å². The number of hydrogen-bond donors (Lipinski definition) is 2. The molecule has 0 aliphatic rings. The van der Waals surface area contributed by atoms with Crippen LogP contribution in [0.15, 0.2) is 0 Å². The van der Waals surface area contributed by atoms with Crippen LogP contribution in [0.3, 0.4) is 0 Å². The van der Waals surface area contributed by atoms with Crippen LogP contribution < -0.4 is 11.5 Å². The van der Waals surface area contributed by atoms with E-state index >= 15 is 0 Å². The highest BCUT2D eigenvalue weighted by atomic mass is 32.2. The number of unbranched alkanes of at least 4 members (excludes halogenated alkanes) is 3. The topological polar surface area (TPSA) is 173 Å². The fourth-order valence-electron chi connectivity index (χ4n) is 1.01. The van der Waals surface area contributed by atoms with Crippen LogP contribution in [0.4, 0.5) is 9.59 Å². The summed E-state index contributed by atoms with van der Waals surface area (Å²) in [4.78, 5) is 20.7. The third kappa shape index (κ3) is 7.37. The monoisotopic (exact) mass is 332 g/mol. The Labute approximate surface area is 116 Å². The molecular formula is C8H16N2O8S2. The van der Waals surface area contributed by atoms with Gasteiger partial charge in [0.2, 0.25) is 0 Å². The first-order chi connectivity index (χ1) is 9.09. The zero-order valence-electron chi connectivity index (χ0n) is 10.5. The molecule has 0 aliphatic carbocycles. The quantitative estimate of drug-likeness (QED) is 0.415. The van der Waals surface area contributed by atoms with Gasteiger partial charge in [-0.05, 0) is 12.8 Å². The highest BCUT2D eigenvalue weighted by Gasteiger charge is 2.19. The first kappa shape index (κ1) is 18.8. The van der Waals surface area contributed by atoms with E-state index < -0.39 is 30.7 Å². The second-order valence-corrected chi connectivity index (χ2v) is 6.70. The molecule has 0 atom stereocenters. The minimum Gasteiger partial charge on any atom is -0.354 e. The van der Waals surface area contributed by atoms with E-state index in [4.69, 9.17) is 0 Å². The van der Waals surface area contributed by atoms with Gasteiger partial charge in [-0.1, -0.05) is 12.8 Å². The smallest absolute Gasteiger partial charge is 0.354 e. The number of nitrogens with two attached hydrogens (primary N) is 2. The van der Waals surface area contributed by atoms with Crippen molar-refractivity contribution < 1.29 is 34.8 Å². The molecule has 0 aromatic heterocycles. The molecule has 20 heavy (non-hydrogen) atoms. The van der Waals surface area contributed by atoms with Gasteiger partial charge < -0.3 is 11.5 Å². The van der Waals surface area contributed by atoms with Gasteiger partial charge in [-0.2, -0.15) is 16.8 Å². The third-order valence-electron chi connectivity index (χ3n) is 2.01. The maximum atomic E-state index is 10.8. The van der Waals surface area contributed by atoms with Crippen LogP contribution in [-0.2, 0) is 28.6 Å². The fraction of sp³-hybridized carbons (Fsp3) is 0.750. The molecule has 118 valence electrons. The van der Waals surface area contributed by atoms with Crippen LogP contribution in [0.25, 0.3) is 0 Å². The molecule has 4 N–H and O–H groups in total. The Kier molecular flexibility index (Phi) is 7.63. The molecule has 0 fully saturated rings. The maximum Gasteiger partial charge on any atom is 0.361 e. The Bertz CT molecular complexity index is 489. The van der Waals surface area contributed by atoms with Crippen molar-refractivity contribution in [1.29, 1.82) is 0 Å². The molecule has 0 heterocycles. The molecular weight excluding hydrogens is 316 g/mol. The first-order valence-corrected chi connectivity index (χ1v) is 8.29. The number of carbonyl (C=O) groups excluding carboxylic acids is 2. The fourth-order valence-corrected chi connectivity index (χ4v) is 1.92. The van der Waals surface area contributed by atoms with E-state index in [1.807, 2.05) is 0 Å². The predicted molar refractivity (Wildman–Crippen MR) is 67.4 cm³/mol. The van der Waals surface area contributed by atoms with Crippen molar-refractivity contribution in [3.63, 3.8) is 0 Å². The number of rotatable bonds is 9. The number of amides is 2. The Morgan fingerprint density at radius 3 is 1.25 bits per heavy atom. The van der Waals surface area contributed by atoms with Gasteiger partial charge in [-0.15, -0.1) is 0 Å². The minimum absolute atomic E-state index is 0.203. The molecule has 0 aromatic rings. The summed E-state index contributed by atoms with van der Waals surface area (Å²) in [6.45, 7) is -0.405. The highest BCUT2D eigenvalue weighted by molar-refractivity contribution is 8.02. The zero-order valence-corrected chi connectivity index (χ0v) is 12.1. The Morgan fingerprint density at radius 1 is 0.700 bits per heavy atom. The summed E-state index contributed by atoms with van der Waals surface area (Å²) in [5.41, 5.74) is 9.11. The lowest BCUT2D eigenvalue weighted by atomic mass is 10.2. The van der Waals surface area contributed by atoms with Crippen molar-refractivity contribution in [2.45, 2.75) is 25.7 Å². The van der Waals surface area contributed by atoms with Crippen LogP contribution >= 0.6 is 0 Å². The van der Waals surface area contributed by atoms with Crippen molar-refractivity contribution in [1.82, 2.24) is 0 Å². The van der Waals surface area contributed by atoms with Gasteiger partial charge in [0.05, 0.1) is 13.2 Å². The largest absolute Gasteiger partial charge is 0.361 e.